The first-order valence-electron chi connectivity index (χ1n) is 9.61. The molecule has 1 amide bonds. The first-order valence-corrected chi connectivity index (χ1v) is 9.61. The predicted octanol–water partition coefficient (Wildman–Crippen LogP) is 1.96. The van der Waals surface area contributed by atoms with Gasteiger partial charge in [-0.1, -0.05) is 32.0 Å². The number of benzene rings is 1. The summed E-state index contributed by atoms with van der Waals surface area (Å²) in [5.74, 6) is 0.235. The van der Waals surface area contributed by atoms with Gasteiger partial charge in [0.25, 0.3) is 0 Å². The Morgan fingerprint density at radius 2 is 1.68 bits per heavy atom. The second kappa shape index (κ2) is 7.85. The van der Waals surface area contributed by atoms with Gasteiger partial charge in [0.05, 0.1) is 11.6 Å². The molecule has 0 saturated carbocycles. The second-order valence-corrected chi connectivity index (χ2v) is 7.37. The summed E-state index contributed by atoms with van der Waals surface area (Å²) in [6.07, 6.45) is 2.48. The average molecular weight is 345 g/mol. The van der Waals surface area contributed by atoms with Crippen LogP contribution in [-0.4, -0.2) is 71.7 Å². The number of piperazine rings is 1. The quantitative estimate of drug-likeness (QED) is 0.856. The van der Waals surface area contributed by atoms with Crippen LogP contribution in [0.1, 0.15) is 33.1 Å². The monoisotopic (exact) mass is 345 g/mol. The van der Waals surface area contributed by atoms with E-state index in [0.29, 0.717) is 0 Å². The summed E-state index contributed by atoms with van der Waals surface area (Å²) in [6, 6.07) is 9.98. The van der Waals surface area contributed by atoms with Crippen molar-refractivity contribution in [1.29, 1.82) is 0 Å². The normalized spacial score (nSPS) is 23.4. The summed E-state index contributed by atoms with van der Waals surface area (Å²) in [6.45, 7) is 9.31. The average Bonchev–Trinajstić information content (AvgIpc) is 3.04. The van der Waals surface area contributed by atoms with Crippen LogP contribution < -0.4 is 4.90 Å². The molecule has 0 bridgehead atoms. The molecule has 138 valence electrons. The van der Waals surface area contributed by atoms with E-state index in [-0.39, 0.29) is 11.9 Å². The number of carbonyl (C=O) groups is 1. The molecule has 3 rings (SSSR count). The lowest BCUT2D eigenvalue weighted by Crippen LogP contribution is -2.55. The molecule has 25 heavy (non-hydrogen) atoms. The van der Waals surface area contributed by atoms with Crippen molar-refractivity contribution >= 4 is 11.6 Å². The highest BCUT2D eigenvalue weighted by Crippen LogP contribution is 2.25. The Morgan fingerprint density at radius 3 is 2.28 bits per heavy atom. The maximum Gasteiger partial charge on any atom is 0.244 e. The predicted molar refractivity (Wildman–Crippen MR) is 101 cm³/mol. The fourth-order valence-corrected chi connectivity index (χ4v) is 3.99. The van der Waals surface area contributed by atoms with Gasteiger partial charge in [-0.25, -0.2) is 0 Å². The van der Waals surface area contributed by atoms with E-state index in [9.17, 15) is 9.90 Å². The van der Waals surface area contributed by atoms with Gasteiger partial charge in [-0.05, 0) is 31.4 Å². The van der Waals surface area contributed by atoms with E-state index in [1.807, 2.05) is 35.2 Å². The number of hydrogen-bond acceptors (Lipinski definition) is 4. The summed E-state index contributed by atoms with van der Waals surface area (Å²) in [5.41, 5.74) is 0.430. The second-order valence-electron chi connectivity index (χ2n) is 7.37. The number of rotatable bonds is 6. The van der Waals surface area contributed by atoms with E-state index in [1.165, 1.54) is 0 Å². The van der Waals surface area contributed by atoms with Gasteiger partial charge < -0.3 is 10.0 Å². The number of β-amino-alcohol motifs (C(OH)–C–C–N with tert-alkyl or cyclic N) is 1. The molecule has 2 fully saturated rings. The molecule has 1 aromatic carbocycles. The van der Waals surface area contributed by atoms with Gasteiger partial charge in [-0.3, -0.25) is 14.6 Å². The Balaban J connectivity index is 1.54. The number of carbonyl (C=O) groups excluding carboxylic acids is 1. The van der Waals surface area contributed by atoms with Gasteiger partial charge in [0, 0.05) is 45.0 Å². The summed E-state index contributed by atoms with van der Waals surface area (Å²) in [4.78, 5) is 19.4. The van der Waals surface area contributed by atoms with Crippen LogP contribution in [0, 0.1) is 0 Å². The fraction of sp³-hybridized carbons (Fsp3) is 0.650. The maximum atomic E-state index is 12.8. The van der Waals surface area contributed by atoms with Crippen molar-refractivity contribution in [2.45, 2.75) is 44.8 Å². The van der Waals surface area contributed by atoms with Gasteiger partial charge >= 0.3 is 0 Å². The van der Waals surface area contributed by atoms with Crippen LogP contribution in [0.3, 0.4) is 0 Å². The molecule has 1 atom stereocenters. The third-order valence-corrected chi connectivity index (χ3v) is 5.93. The largest absolute Gasteiger partial charge is 0.389 e. The lowest BCUT2D eigenvalue weighted by molar-refractivity contribution is -0.122. The molecule has 2 heterocycles. The van der Waals surface area contributed by atoms with E-state index >= 15 is 0 Å². The molecule has 1 unspecified atom stereocenters. The highest BCUT2D eigenvalue weighted by atomic mass is 16.3. The summed E-state index contributed by atoms with van der Waals surface area (Å²) < 4.78 is 0. The van der Waals surface area contributed by atoms with Crippen LogP contribution in [0.2, 0.25) is 0 Å². The van der Waals surface area contributed by atoms with E-state index in [1.54, 1.807) is 0 Å². The molecule has 2 aliphatic heterocycles. The number of nitrogens with zero attached hydrogens (tertiary/aromatic N) is 3. The van der Waals surface area contributed by atoms with Crippen LogP contribution in [0.4, 0.5) is 5.69 Å². The van der Waals surface area contributed by atoms with Crippen LogP contribution in [0.15, 0.2) is 30.3 Å². The Labute approximate surface area is 151 Å². The molecular formula is C20H31N3O2. The molecule has 2 aliphatic rings. The van der Waals surface area contributed by atoms with Gasteiger partial charge in [0.2, 0.25) is 5.91 Å². The minimum absolute atomic E-state index is 0.0126. The van der Waals surface area contributed by atoms with Crippen molar-refractivity contribution in [3.8, 4) is 0 Å². The third-order valence-electron chi connectivity index (χ3n) is 5.93. The Kier molecular flexibility index (Phi) is 5.77. The van der Waals surface area contributed by atoms with Crippen LogP contribution in [-0.2, 0) is 4.79 Å². The SMILES string of the molecule is CCC(O)(CC)CN1CCN(C2CCN(c3ccccc3)C2=O)CC1. The smallest absolute Gasteiger partial charge is 0.244 e. The number of amides is 1. The standard InChI is InChI=1S/C20H31N3O2/c1-3-20(25,4-2)16-21-12-14-22(15-13-21)18-10-11-23(19(18)24)17-8-6-5-7-9-17/h5-9,18,25H,3-4,10-16H2,1-2H3. The lowest BCUT2D eigenvalue weighted by Gasteiger charge is -2.40. The number of para-hydroxylation sites is 1. The first-order chi connectivity index (χ1) is 12.1. The van der Waals surface area contributed by atoms with Gasteiger partial charge in [0.1, 0.15) is 0 Å². The van der Waals surface area contributed by atoms with Crippen LogP contribution in [0.25, 0.3) is 0 Å². The summed E-state index contributed by atoms with van der Waals surface area (Å²) in [5, 5.41) is 10.5. The molecule has 0 radical (unpaired) electrons. The van der Waals surface area contributed by atoms with Crippen molar-refractivity contribution < 1.29 is 9.90 Å². The zero-order chi connectivity index (χ0) is 17.9. The zero-order valence-electron chi connectivity index (χ0n) is 15.5. The molecule has 0 spiro atoms. The van der Waals surface area contributed by atoms with Gasteiger partial charge in [-0.15, -0.1) is 0 Å². The maximum absolute atomic E-state index is 12.8. The van der Waals surface area contributed by atoms with Crippen molar-refractivity contribution in [3.05, 3.63) is 30.3 Å². The molecule has 0 aromatic heterocycles. The minimum Gasteiger partial charge on any atom is -0.389 e. The fourth-order valence-electron chi connectivity index (χ4n) is 3.99. The molecule has 2 saturated heterocycles. The summed E-state index contributed by atoms with van der Waals surface area (Å²) >= 11 is 0. The van der Waals surface area contributed by atoms with Crippen molar-refractivity contribution in [3.63, 3.8) is 0 Å². The van der Waals surface area contributed by atoms with Crippen molar-refractivity contribution in [1.82, 2.24) is 9.80 Å². The first kappa shape index (κ1) is 18.4. The molecule has 0 aliphatic carbocycles. The summed E-state index contributed by atoms with van der Waals surface area (Å²) in [7, 11) is 0. The number of aliphatic hydroxyl groups is 1. The van der Waals surface area contributed by atoms with Crippen LogP contribution >= 0.6 is 0 Å². The Bertz CT molecular complexity index is 566. The zero-order valence-corrected chi connectivity index (χ0v) is 15.5. The molecule has 1 aromatic rings. The highest BCUT2D eigenvalue weighted by molar-refractivity contribution is 5.99. The number of anilines is 1. The minimum atomic E-state index is -0.574. The topological polar surface area (TPSA) is 47.0 Å². The highest BCUT2D eigenvalue weighted by Gasteiger charge is 2.38. The molecule has 5 heteroatoms. The third kappa shape index (κ3) is 4.05. The van der Waals surface area contributed by atoms with E-state index in [2.05, 4.69) is 23.6 Å². The Morgan fingerprint density at radius 1 is 1.04 bits per heavy atom. The van der Waals surface area contributed by atoms with E-state index < -0.39 is 5.60 Å². The van der Waals surface area contributed by atoms with E-state index in [0.717, 1.165) is 64.2 Å². The number of hydrogen-bond donors (Lipinski definition) is 1. The van der Waals surface area contributed by atoms with Crippen molar-refractivity contribution in [2.75, 3.05) is 44.2 Å². The lowest BCUT2D eigenvalue weighted by atomic mass is 9.96. The van der Waals surface area contributed by atoms with Gasteiger partial charge in [0.15, 0.2) is 0 Å². The Hall–Kier alpha value is -1.43. The molecule has 5 nitrogen and oxygen atoms in total. The van der Waals surface area contributed by atoms with E-state index in [4.69, 9.17) is 0 Å². The molecular weight excluding hydrogens is 314 g/mol. The van der Waals surface area contributed by atoms with Gasteiger partial charge in [-0.2, -0.15) is 0 Å². The van der Waals surface area contributed by atoms with Crippen molar-refractivity contribution in [2.24, 2.45) is 0 Å². The van der Waals surface area contributed by atoms with Crippen LogP contribution in [0.5, 0.6) is 0 Å². The molecule has 1 N–H and O–H groups in total.